The van der Waals surface area contributed by atoms with Crippen LogP contribution >= 0.6 is 22.9 Å². The molecule has 1 fully saturated rings. The second kappa shape index (κ2) is 9.32. The Labute approximate surface area is 184 Å². The van der Waals surface area contributed by atoms with E-state index in [9.17, 15) is 9.59 Å². The van der Waals surface area contributed by atoms with Crippen molar-refractivity contribution >= 4 is 46.1 Å². The fourth-order valence-electron chi connectivity index (χ4n) is 3.56. The lowest BCUT2D eigenvalue weighted by molar-refractivity contribution is 0.0949. The van der Waals surface area contributed by atoms with Gasteiger partial charge in [-0.1, -0.05) is 35.9 Å². The molecule has 0 bridgehead atoms. The van der Waals surface area contributed by atoms with Crippen molar-refractivity contribution in [3.05, 3.63) is 81.0 Å². The number of amides is 2. The molecule has 7 heteroatoms. The van der Waals surface area contributed by atoms with Crippen LogP contribution in [0.25, 0.3) is 0 Å². The summed E-state index contributed by atoms with van der Waals surface area (Å²) in [5, 5.41) is 7.99. The molecule has 0 spiro atoms. The summed E-state index contributed by atoms with van der Waals surface area (Å²) in [4.78, 5) is 28.0. The van der Waals surface area contributed by atoms with Crippen molar-refractivity contribution in [1.29, 1.82) is 0 Å². The van der Waals surface area contributed by atoms with Gasteiger partial charge in [0.15, 0.2) is 0 Å². The van der Waals surface area contributed by atoms with Crippen molar-refractivity contribution in [2.75, 3.05) is 23.3 Å². The van der Waals surface area contributed by atoms with Gasteiger partial charge in [0.05, 0.1) is 15.6 Å². The van der Waals surface area contributed by atoms with Gasteiger partial charge in [0.1, 0.15) is 0 Å². The fraction of sp³-hybridized carbons (Fsp3) is 0.217. The van der Waals surface area contributed by atoms with Crippen LogP contribution in [0.2, 0.25) is 5.02 Å². The monoisotopic (exact) mass is 439 g/mol. The normalized spacial score (nSPS) is 13.3. The summed E-state index contributed by atoms with van der Waals surface area (Å²) in [7, 11) is 0. The maximum atomic E-state index is 12.8. The third-order valence-electron chi connectivity index (χ3n) is 5.10. The summed E-state index contributed by atoms with van der Waals surface area (Å²) in [6.45, 7) is 2.54. The molecule has 2 heterocycles. The summed E-state index contributed by atoms with van der Waals surface area (Å²) >= 11 is 7.57. The molecule has 0 aliphatic carbocycles. The standard InChI is InChI=1S/C23H22ClN3O2S/c24-18-10-9-16(14-19(18)26-23(29)21-8-5-13-30-21)22(28)25-15-17-6-1-2-7-20(17)27-11-3-4-12-27/h1-2,5-10,13-14H,3-4,11-12,15H2,(H,25,28)(H,26,29). The quantitative estimate of drug-likeness (QED) is 0.556. The molecule has 3 aromatic rings. The van der Waals surface area contributed by atoms with Gasteiger partial charge in [-0.05, 0) is 54.1 Å². The van der Waals surface area contributed by atoms with Gasteiger partial charge in [0.25, 0.3) is 11.8 Å². The van der Waals surface area contributed by atoms with Crippen molar-refractivity contribution in [1.82, 2.24) is 5.32 Å². The van der Waals surface area contributed by atoms with E-state index in [-0.39, 0.29) is 11.8 Å². The number of thiophene rings is 1. The molecule has 2 aromatic carbocycles. The maximum absolute atomic E-state index is 12.8. The predicted molar refractivity (Wildman–Crippen MR) is 123 cm³/mol. The van der Waals surface area contributed by atoms with E-state index in [0.29, 0.717) is 27.7 Å². The second-order valence-corrected chi connectivity index (χ2v) is 8.49. The highest BCUT2D eigenvalue weighted by molar-refractivity contribution is 7.12. The van der Waals surface area contributed by atoms with Crippen molar-refractivity contribution in [2.45, 2.75) is 19.4 Å². The Morgan fingerprint density at radius 1 is 1.00 bits per heavy atom. The van der Waals surface area contributed by atoms with E-state index in [1.165, 1.54) is 29.9 Å². The van der Waals surface area contributed by atoms with Crippen LogP contribution in [0.1, 0.15) is 38.4 Å². The third-order valence-corrected chi connectivity index (χ3v) is 6.30. The summed E-state index contributed by atoms with van der Waals surface area (Å²) in [6.07, 6.45) is 2.40. The van der Waals surface area contributed by atoms with E-state index < -0.39 is 0 Å². The molecule has 1 saturated heterocycles. The second-order valence-electron chi connectivity index (χ2n) is 7.13. The number of carbonyl (C=O) groups excluding carboxylic acids is 2. The Morgan fingerprint density at radius 3 is 2.57 bits per heavy atom. The highest BCUT2D eigenvalue weighted by Gasteiger charge is 2.17. The van der Waals surface area contributed by atoms with Crippen LogP contribution in [0, 0.1) is 0 Å². The van der Waals surface area contributed by atoms with Crippen molar-refractivity contribution in [3.63, 3.8) is 0 Å². The lowest BCUT2D eigenvalue weighted by Gasteiger charge is -2.21. The SMILES string of the molecule is O=C(NCc1ccccc1N1CCCC1)c1ccc(Cl)c(NC(=O)c2cccs2)c1. The first-order chi connectivity index (χ1) is 14.6. The van der Waals surface area contributed by atoms with Crippen LogP contribution in [0.4, 0.5) is 11.4 Å². The molecule has 0 unspecified atom stereocenters. The predicted octanol–water partition coefficient (Wildman–Crippen LogP) is 5.18. The van der Waals surface area contributed by atoms with Crippen LogP contribution in [0.15, 0.2) is 60.0 Å². The van der Waals surface area contributed by atoms with Gasteiger partial charge in [-0.3, -0.25) is 9.59 Å². The number of hydrogen-bond acceptors (Lipinski definition) is 4. The molecule has 2 amide bonds. The number of para-hydroxylation sites is 1. The van der Waals surface area contributed by atoms with Gasteiger partial charge >= 0.3 is 0 Å². The summed E-state index contributed by atoms with van der Waals surface area (Å²) in [5.41, 5.74) is 3.13. The van der Waals surface area contributed by atoms with Crippen LogP contribution in [-0.2, 0) is 6.54 Å². The molecular formula is C23H22ClN3O2S. The highest BCUT2D eigenvalue weighted by Crippen LogP contribution is 2.26. The Bertz CT molecular complexity index is 1050. The van der Waals surface area contributed by atoms with E-state index in [0.717, 1.165) is 18.7 Å². The molecular weight excluding hydrogens is 418 g/mol. The molecule has 1 aromatic heterocycles. The van der Waals surface area contributed by atoms with E-state index in [1.807, 2.05) is 29.6 Å². The molecule has 5 nitrogen and oxygen atoms in total. The lowest BCUT2D eigenvalue weighted by Crippen LogP contribution is -2.25. The average Bonchev–Trinajstić information content (AvgIpc) is 3.48. The molecule has 2 N–H and O–H groups in total. The largest absolute Gasteiger partial charge is 0.371 e. The van der Waals surface area contributed by atoms with E-state index >= 15 is 0 Å². The first-order valence-electron chi connectivity index (χ1n) is 9.87. The number of carbonyl (C=O) groups is 2. The zero-order valence-electron chi connectivity index (χ0n) is 16.4. The average molecular weight is 440 g/mol. The highest BCUT2D eigenvalue weighted by atomic mass is 35.5. The molecule has 1 aliphatic rings. The van der Waals surface area contributed by atoms with Crippen molar-refractivity contribution < 1.29 is 9.59 Å². The number of rotatable bonds is 6. The number of nitrogens with zero attached hydrogens (tertiary/aromatic N) is 1. The molecule has 30 heavy (non-hydrogen) atoms. The van der Waals surface area contributed by atoms with Crippen LogP contribution in [0.5, 0.6) is 0 Å². The number of nitrogens with one attached hydrogen (secondary N) is 2. The van der Waals surface area contributed by atoms with Gasteiger partial charge in [-0.2, -0.15) is 0 Å². The van der Waals surface area contributed by atoms with Gasteiger partial charge in [0, 0.05) is 30.9 Å². The Kier molecular flexibility index (Phi) is 6.35. The lowest BCUT2D eigenvalue weighted by atomic mass is 10.1. The number of benzene rings is 2. The van der Waals surface area contributed by atoms with E-state index in [2.05, 4.69) is 21.6 Å². The number of hydrogen-bond donors (Lipinski definition) is 2. The summed E-state index contributed by atoms with van der Waals surface area (Å²) in [5.74, 6) is -0.460. The number of halogens is 1. The Morgan fingerprint density at radius 2 is 1.80 bits per heavy atom. The first kappa shape index (κ1) is 20.4. The zero-order valence-corrected chi connectivity index (χ0v) is 17.9. The van der Waals surface area contributed by atoms with Crippen LogP contribution in [-0.4, -0.2) is 24.9 Å². The van der Waals surface area contributed by atoms with Gasteiger partial charge in [-0.15, -0.1) is 11.3 Å². The minimum atomic E-state index is -0.246. The minimum Gasteiger partial charge on any atom is -0.371 e. The van der Waals surface area contributed by atoms with E-state index in [4.69, 9.17) is 11.6 Å². The van der Waals surface area contributed by atoms with Crippen molar-refractivity contribution in [3.8, 4) is 0 Å². The third kappa shape index (κ3) is 4.66. The molecule has 154 valence electrons. The van der Waals surface area contributed by atoms with Gasteiger partial charge < -0.3 is 15.5 Å². The number of anilines is 2. The minimum absolute atomic E-state index is 0.213. The molecule has 4 rings (SSSR count). The van der Waals surface area contributed by atoms with E-state index in [1.54, 1.807) is 24.3 Å². The maximum Gasteiger partial charge on any atom is 0.265 e. The van der Waals surface area contributed by atoms with Gasteiger partial charge in [-0.25, -0.2) is 0 Å². The van der Waals surface area contributed by atoms with Crippen LogP contribution < -0.4 is 15.5 Å². The fourth-order valence-corrected chi connectivity index (χ4v) is 4.34. The Balaban J connectivity index is 1.45. The summed E-state index contributed by atoms with van der Waals surface area (Å²) < 4.78 is 0. The Hall–Kier alpha value is -2.83. The smallest absolute Gasteiger partial charge is 0.265 e. The first-order valence-corrected chi connectivity index (χ1v) is 11.1. The molecule has 0 saturated carbocycles. The van der Waals surface area contributed by atoms with Crippen molar-refractivity contribution in [2.24, 2.45) is 0 Å². The zero-order chi connectivity index (χ0) is 20.9. The van der Waals surface area contributed by atoms with Crippen LogP contribution in [0.3, 0.4) is 0 Å². The summed E-state index contributed by atoms with van der Waals surface area (Å²) in [6, 6.07) is 16.6. The topological polar surface area (TPSA) is 61.4 Å². The molecule has 0 radical (unpaired) electrons. The molecule has 1 aliphatic heterocycles. The molecule has 0 atom stereocenters. The van der Waals surface area contributed by atoms with Gasteiger partial charge in [0.2, 0.25) is 0 Å².